The van der Waals surface area contributed by atoms with Crippen molar-refractivity contribution in [3.8, 4) is 39.9 Å². The van der Waals surface area contributed by atoms with Gasteiger partial charge in [-0.2, -0.15) is 0 Å². The highest BCUT2D eigenvalue weighted by molar-refractivity contribution is 6.33. The molecule has 10 aromatic rings. The van der Waals surface area contributed by atoms with E-state index < -0.39 is 0 Å². The van der Waals surface area contributed by atoms with Gasteiger partial charge in [0.05, 0.1) is 11.0 Å². The van der Waals surface area contributed by atoms with Crippen molar-refractivity contribution in [3.05, 3.63) is 170 Å². The second kappa shape index (κ2) is 11.0. The summed E-state index contributed by atoms with van der Waals surface area (Å²) in [7, 11) is 0. The first kappa shape index (κ1) is 27.5. The highest BCUT2D eigenvalue weighted by Crippen LogP contribution is 2.43. The van der Waals surface area contributed by atoms with Crippen LogP contribution in [-0.4, -0.2) is 19.5 Å². The Morgan fingerprint density at radius 1 is 0.327 bits per heavy atom. The van der Waals surface area contributed by atoms with E-state index in [1.165, 1.54) is 54.1 Å². The molecule has 0 spiro atoms. The highest BCUT2D eigenvalue weighted by Gasteiger charge is 2.20. The fourth-order valence-electron chi connectivity index (χ4n) is 7.41. The molecular weight excluding hydrogens is 597 g/mol. The second-order valence-electron chi connectivity index (χ2n) is 12.4. The zero-order chi connectivity index (χ0) is 32.3. The second-order valence-corrected chi connectivity index (χ2v) is 12.4. The summed E-state index contributed by atoms with van der Waals surface area (Å²) in [5.74, 6) is 1.96. The van der Waals surface area contributed by atoms with Crippen LogP contribution in [0.2, 0.25) is 0 Å². The van der Waals surface area contributed by atoms with Gasteiger partial charge in [-0.05, 0) is 51.2 Å². The highest BCUT2D eigenvalue weighted by atomic mass is 15.0. The largest absolute Gasteiger partial charge is 0.309 e. The minimum Gasteiger partial charge on any atom is -0.309 e. The Bertz CT molecular complexity index is 2800. The third-order valence-corrected chi connectivity index (χ3v) is 9.60. The third-order valence-electron chi connectivity index (χ3n) is 9.60. The zero-order valence-corrected chi connectivity index (χ0v) is 26.5. The molecule has 8 aromatic carbocycles. The summed E-state index contributed by atoms with van der Waals surface area (Å²) in [6.45, 7) is 0. The predicted octanol–water partition coefficient (Wildman–Crippen LogP) is 11.4. The summed E-state index contributed by atoms with van der Waals surface area (Å²) in [6.07, 6.45) is 0. The van der Waals surface area contributed by atoms with Crippen LogP contribution in [-0.2, 0) is 0 Å². The van der Waals surface area contributed by atoms with Crippen molar-refractivity contribution in [3.63, 3.8) is 0 Å². The molecule has 0 N–H and O–H groups in total. The van der Waals surface area contributed by atoms with Crippen LogP contribution in [0, 0.1) is 0 Å². The SMILES string of the molecule is c1ccc(-c2nc(-c3ccccc3)nc(-c3ccc4c(c3)c3ccccc3c3ccc5c6ccccc6n(-c6ccccc6)c5c34)n2)cc1. The first-order valence-electron chi connectivity index (χ1n) is 16.5. The molecule has 0 aliphatic carbocycles. The van der Waals surface area contributed by atoms with Gasteiger partial charge in [0.1, 0.15) is 0 Å². The summed E-state index contributed by atoms with van der Waals surface area (Å²) in [5, 5.41) is 9.75. The van der Waals surface area contributed by atoms with Crippen molar-refractivity contribution in [2.75, 3.05) is 0 Å². The quantitative estimate of drug-likeness (QED) is 0.183. The lowest BCUT2D eigenvalue weighted by Crippen LogP contribution is -2.00. The lowest BCUT2D eigenvalue weighted by molar-refractivity contribution is 1.07. The molecule has 2 aromatic heterocycles. The molecule has 0 amide bonds. The summed E-state index contributed by atoms with van der Waals surface area (Å²) < 4.78 is 2.43. The number of aromatic nitrogens is 4. The Morgan fingerprint density at radius 2 is 0.796 bits per heavy atom. The van der Waals surface area contributed by atoms with Gasteiger partial charge in [-0.3, -0.25) is 0 Å². The van der Waals surface area contributed by atoms with Crippen LogP contribution in [0.5, 0.6) is 0 Å². The van der Waals surface area contributed by atoms with Gasteiger partial charge in [-0.15, -0.1) is 0 Å². The molecule has 2 heterocycles. The first-order chi connectivity index (χ1) is 24.3. The normalized spacial score (nSPS) is 11.7. The van der Waals surface area contributed by atoms with Crippen molar-refractivity contribution in [2.45, 2.75) is 0 Å². The van der Waals surface area contributed by atoms with Gasteiger partial charge < -0.3 is 4.57 Å². The van der Waals surface area contributed by atoms with E-state index in [1.54, 1.807) is 0 Å². The van der Waals surface area contributed by atoms with E-state index in [1.807, 2.05) is 60.7 Å². The van der Waals surface area contributed by atoms with E-state index in [-0.39, 0.29) is 0 Å². The molecule has 0 atom stereocenters. The Hall–Kier alpha value is -6.65. The molecule has 10 rings (SSSR count). The third kappa shape index (κ3) is 4.35. The smallest absolute Gasteiger partial charge is 0.164 e. The number of fused-ring (bicyclic) bond motifs is 10. The zero-order valence-electron chi connectivity index (χ0n) is 26.5. The van der Waals surface area contributed by atoms with Gasteiger partial charge in [-0.1, -0.05) is 146 Å². The minimum atomic E-state index is 0.649. The summed E-state index contributed by atoms with van der Waals surface area (Å²) >= 11 is 0. The van der Waals surface area contributed by atoms with Crippen molar-refractivity contribution in [2.24, 2.45) is 0 Å². The average Bonchev–Trinajstić information content (AvgIpc) is 3.53. The Morgan fingerprint density at radius 3 is 1.45 bits per heavy atom. The Labute approximate surface area is 282 Å². The molecule has 0 aliphatic heterocycles. The van der Waals surface area contributed by atoms with E-state index >= 15 is 0 Å². The Kier molecular flexibility index (Phi) is 6.15. The van der Waals surface area contributed by atoms with E-state index in [0.29, 0.717) is 17.5 Å². The standard InChI is InChI=1S/C45H28N4/c1-4-14-29(15-5-1)43-46-44(30-16-6-2-7-17-30)48-45(47-43)31-24-25-37-39(28-31)34-21-11-10-20-33(34)36-26-27-38-35-22-12-13-23-40(35)49(42(38)41(36)37)32-18-8-3-9-19-32/h1-28H. The maximum atomic E-state index is 5.05. The molecule has 0 radical (unpaired) electrons. The van der Waals surface area contributed by atoms with Gasteiger partial charge >= 0.3 is 0 Å². The molecule has 0 fully saturated rings. The maximum absolute atomic E-state index is 5.05. The van der Waals surface area contributed by atoms with Gasteiger partial charge in [0, 0.05) is 38.5 Å². The van der Waals surface area contributed by atoms with Crippen LogP contribution in [0.1, 0.15) is 0 Å². The van der Waals surface area contributed by atoms with Crippen LogP contribution < -0.4 is 0 Å². The van der Waals surface area contributed by atoms with Crippen LogP contribution in [0.3, 0.4) is 0 Å². The molecule has 228 valence electrons. The monoisotopic (exact) mass is 624 g/mol. The average molecular weight is 625 g/mol. The number of nitrogens with zero attached hydrogens (tertiary/aromatic N) is 4. The minimum absolute atomic E-state index is 0.649. The molecular formula is C45H28N4. The van der Waals surface area contributed by atoms with Crippen molar-refractivity contribution < 1.29 is 0 Å². The lowest BCUT2D eigenvalue weighted by Gasteiger charge is -2.15. The number of hydrogen-bond acceptors (Lipinski definition) is 3. The first-order valence-corrected chi connectivity index (χ1v) is 16.5. The van der Waals surface area contributed by atoms with Gasteiger partial charge in [0.25, 0.3) is 0 Å². The van der Waals surface area contributed by atoms with Crippen LogP contribution >= 0.6 is 0 Å². The molecule has 49 heavy (non-hydrogen) atoms. The topological polar surface area (TPSA) is 43.6 Å². The van der Waals surface area contributed by atoms with Crippen molar-refractivity contribution >= 4 is 54.1 Å². The van der Waals surface area contributed by atoms with E-state index in [4.69, 9.17) is 15.0 Å². The number of hydrogen-bond donors (Lipinski definition) is 0. The molecule has 0 bridgehead atoms. The molecule has 0 unspecified atom stereocenters. The molecule has 0 saturated carbocycles. The summed E-state index contributed by atoms with van der Waals surface area (Å²) in [6, 6.07) is 59.8. The Balaban J connectivity index is 1.31. The van der Waals surface area contributed by atoms with Crippen LogP contribution in [0.25, 0.3) is 94.0 Å². The van der Waals surface area contributed by atoms with E-state index in [2.05, 4.69) is 114 Å². The van der Waals surface area contributed by atoms with Gasteiger partial charge in [0.2, 0.25) is 0 Å². The number of rotatable bonds is 4. The fourth-order valence-corrected chi connectivity index (χ4v) is 7.41. The van der Waals surface area contributed by atoms with Crippen LogP contribution in [0.15, 0.2) is 170 Å². The lowest BCUT2D eigenvalue weighted by atomic mass is 9.91. The van der Waals surface area contributed by atoms with Crippen molar-refractivity contribution in [1.29, 1.82) is 0 Å². The summed E-state index contributed by atoms with van der Waals surface area (Å²) in [4.78, 5) is 15.0. The molecule has 0 saturated heterocycles. The fraction of sp³-hybridized carbons (Fsp3) is 0. The van der Waals surface area contributed by atoms with Crippen molar-refractivity contribution in [1.82, 2.24) is 19.5 Å². The molecule has 4 heteroatoms. The number of para-hydroxylation sites is 2. The van der Waals surface area contributed by atoms with Crippen LogP contribution in [0.4, 0.5) is 0 Å². The van der Waals surface area contributed by atoms with Gasteiger partial charge in [0.15, 0.2) is 17.5 Å². The molecule has 0 aliphatic rings. The maximum Gasteiger partial charge on any atom is 0.164 e. The predicted molar refractivity (Wildman–Crippen MR) is 203 cm³/mol. The molecule has 4 nitrogen and oxygen atoms in total. The van der Waals surface area contributed by atoms with E-state index in [0.717, 1.165) is 22.4 Å². The number of benzene rings is 8. The van der Waals surface area contributed by atoms with Gasteiger partial charge in [-0.25, -0.2) is 15.0 Å². The van der Waals surface area contributed by atoms with E-state index in [9.17, 15) is 0 Å². The summed E-state index contributed by atoms with van der Waals surface area (Å²) in [5.41, 5.74) is 6.41.